The van der Waals surface area contributed by atoms with E-state index >= 15 is 0 Å². The van der Waals surface area contributed by atoms with Gasteiger partial charge < -0.3 is 20.4 Å². The summed E-state index contributed by atoms with van der Waals surface area (Å²) in [6, 6.07) is 14.2. The van der Waals surface area contributed by atoms with Crippen molar-refractivity contribution < 1.29 is 4.74 Å². The van der Waals surface area contributed by atoms with Crippen LogP contribution in [0.25, 0.3) is 11.0 Å². The fourth-order valence-corrected chi connectivity index (χ4v) is 5.50. The summed E-state index contributed by atoms with van der Waals surface area (Å²) < 4.78 is 8.29. The summed E-state index contributed by atoms with van der Waals surface area (Å²) >= 11 is 0. The van der Waals surface area contributed by atoms with Crippen LogP contribution < -0.4 is 11.1 Å². The Morgan fingerprint density at radius 2 is 2.06 bits per heavy atom. The van der Waals surface area contributed by atoms with Gasteiger partial charge in [0.15, 0.2) is 0 Å². The van der Waals surface area contributed by atoms with Gasteiger partial charge >= 0.3 is 0 Å². The molecule has 34 heavy (non-hydrogen) atoms. The SMILES string of the molecule is C[Si](C)(C)CCOCn1c(CC(N)CCCNC2CCCc3cccnc32)nc2ccccc21. The number of nitrogens with two attached hydrogens (primary N) is 1. The summed E-state index contributed by atoms with van der Waals surface area (Å²) in [4.78, 5) is 9.53. The number of para-hydroxylation sites is 2. The number of fused-ring (bicyclic) bond motifs is 2. The van der Waals surface area contributed by atoms with Gasteiger partial charge in [-0.25, -0.2) is 4.98 Å². The minimum absolute atomic E-state index is 0.0797. The van der Waals surface area contributed by atoms with Crippen molar-refractivity contribution in [3.63, 3.8) is 0 Å². The van der Waals surface area contributed by atoms with E-state index in [2.05, 4.69) is 58.8 Å². The summed E-state index contributed by atoms with van der Waals surface area (Å²) in [7, 11) is -1.10. The first-order valence-electron chi connectivity index (χ1n) is 12.9. The Hall–Kier alpha value is -2.06. The van der Waals surface area contributed by atoms with E-state index in [4.69, 9.17) is 15.5 Å². The van der Waals surface area contributed by atoms with Crippen LogP contribution in [-0.2, 0) is 24.3 Å². The average Bonchev–Trinajstić information content (AvgIpc) is 3.16. The van der Waals surface area contributed by atoms with Crippen LogP contribution in [0.2, 0.25) is 25.7 Å². The third kappa shape index (κ3) is 6.75. The molecule has 3 N–H and O–H groups in total. The van der Waals surface area contributed by atoms with Crippen molar-refractivity contribution >= 4 is 19.1 Å². The summed E-state index contributed by atoms with van der Waals surface area (Å²) in [5, 5.41) is 3.72. The lowest BCUT2D eigenvalue weighted by atomic mass is 9.92. The summed E-state index contributed by atoms with van der Waals surface area (Å²) in [5.41, 5.74) is 11.4. The van der Waals surface area contributed by atoms with Crippen molar-refractivity contribution in [2.75, 3.05) is 13.2 Å². The number of pyridine rings is 1. The van der Waals surface area contributed by atoms with Gasteiger partial charge in [-0.1, -0.05) is 37.8 Å². The van der Waals surface area contributed by atoms with Crippen LogP contribution in [0, 0.1) is 0 Å². The molecular weight excluding hydrogens is 438 g/mol. The van der Waals surface area contributed by atoms with Crippen LogP contribution in [0.5, 0.6) is 0 Å². The summed E-state index contributed by atoms with van der Waals surface area (Å²) in [6.45, 7) is 9.45. The Balaban J connectivity index is 1.29. The lowest BCUT2D eigenvalue weighted by Gasteiger charge is -2.25. The first kappa shape index (κ1) is 25.0. The number of aryl methyl sites for hydroxylation is 1. The molecule has 1 aromatic carbocycles. The van der Waals surface area contributed by atoms with Gasteiger partial charge in [0.05, 0.1) is 16.7 Å². The van der Waals surface area contributed by atoms with Gasteiger partial charge in [-0.3, -0.25) is 4.98 Å². The van der Waals surface area contributed by atoms with Crippen molar-refractivity contribution in [2.45, 2.75) is 83.0 Å². The Bertz CT molecular complexity index is 1060. The number of benzene rings is 1. The largest absolute Gasteiger partial charge is 0.361 e. The number of aromatic nitrogens is 3. The van der Waals surface area contributed by atoms with Gasteiger partial charge in [-0.15, -0.1) is 0 Å². The second kappa shape index (κ2) is 11.6. The van der Waals surface area contributed by atoms with E-state index < -0.39 is 8.07 Å². The molecular formula is C27H41N5OSi. The zero-order chi connectivity index (χ0) is 24.0. The monoisotopic (exact) mass is 479 g/mol. The van der Waals surface area contributed by atoms with Gasteiger partial charge in [0.2, 0.25) is 0 Å². The highest BCUT2D eigenvalue weighted by atomic mass is 28.3. The Morgan fingerprint density at radius 3 is 2.91 bits per heavy atom. The molecule has 7 heteroatoms. The van der Waals surface area contributed by atoms with Crippen LogP contribution >= 0.6 is 0 Å². The predicted molar refractivity (Wildman–Crippen MR) is 143 cm³/mol. The quantitative estimate of drug-likeness (QED) is 0.280. The van der Waals surface area contributed by atoms with Crippen molar-refractivity contribution in [1.82, 2.24) is 19.9 Å². The maximum atomic E-state index is 6.58. The van der Waals surface area contributed by atoms with E-state index in [0.717, 1.165) is 62.1 Å². The molecule has 1 aliphatic carbocycles. The second-order valence-electron chi connectivity index (χ2n) is 10.8. The molecule has 4 rings (SSSR count). The van der Waals surface area contributed by atoms with Crippen LogP contribution in [0.4, 0.5) is 0 Å². The number of rotatable bonds is 12. The number of nitrogens with zero attached hydrogens (tertiary/aromatic N) is 3. The molecule has 1 aliphatic rings. The second-order valence-corrected chi connectivity index (χ2v) is 16.5. The standard InChI is InChI=1S/C27H41N5OSi/c1-34(2,3)18-17-33-20-32-25-14-5-4-12-23(25)31-26(32)19-22(28)11-8-15-29-24-13-6-9-21-10-7-16-30-27(21)24/h4-5,7,10,12,14,16,22,24,29H,6,8-9,11,13,15,17-20,28H2,1-3H3. The van der Waals surface area contributed by atoms with Crippen molar-refractivity contribution in [2.24, 2.45) is 5.73 Å². The lowest BCUT2D eigenvalue weighted by molar-refractivity contribution is 0.0877. The van der Waals surface area contributed by atoms with Gasteiger partial charge in [0.25, 0.3) is 0 Å². The molecule has 0 aliphatic heterocycles. The Labute approximate surface area is 205 Å². The summed E-state index contributed by atoms with van der Waals surface area (Å²) in [6.07, 6.45) is 8.23. The Kier molecular flexibility index (Phi) is 8.53. The van der Waals surface area contributed by atoms with Crippen LogP contribution in [-0.4, -0.2) is 41.8 Å². The molecule has 184 valence electrons. The fourth-order valence-electron chi connectivity index (χ4n) is 4.74. The highest BCUT2D eigenvalue weighted by Gasteiger charge is 2.21. The summed E-state index contributed by atoms with van der Waals surface area (Å²) in [5.74, 6) is 1.03. The highest BCUT2D eigenvalue weighted by Crippen LogP contribution is 2.27. The zero-order valence-corrected chi connectivity index (χ0v) is 22.1. The number of hydrogen-bond donors (Lipinski definition) is 2. The molecule has 2 aromatic heterocycles. The Morgan fingerprint density at radius 1 is 1.21 bits per heavy atom. The smallest absolute Gasteiger partial charge is 0.124 e. The molecule has 2 heterocycles. The molecule has 3 aromatic rings. The van der Waals surface area contributed by atoms with Crippen molar-refractivity contribution in [1.29, 1.82) is 0 Å². The zero-order valence-electron chi connectivity index (χ0n) is 21.1. The fraction of sp³-hybridized carbons (Fsp3) is 0.556. The number of hydrogen-bond acceptors (Lipinski definition) is 5. The first-order valence-corrected chi connectivity index (χ1v) is 16.6. The topological polar surface area (TPSA) is 78.0 Å². The predicted octanol–water partition coefficient (Wildman–Crippen LogP) is 5.06. The molecule has 2 atom stereocenters. The molecule has 0 fully saturated rings. The normalized spacial score (nSPS) is 17.1. The molecule has 0 saturated heterocycles. The average molecular weight is 480 g/mol. The maximum absolute atomic E-state index is 6.58. The van der Waals surface area contributed by atoms with Gasteiger partial charge in [0, 0.05) is 39.4 Å². The molecule has 0 bridgehead atoms. The minimum Gasteiger partial charge on any atom is -0.361 e. The van der Waals surface area contributed by atoms with Crippen LogP contribution in [0.1, 0.15) is 48.8 Å². The van der Waals surface area contributed by atoms with Gasteiger partial charge in [-0.2, -0.15) is 0 Å². The third-order valence-electron chi connectivity index (χ3n) is 6.73. The lowest BCUT2D eigenvalue weighted by Crippen LogP contribution is -2.29. The van der Waals surface area contributed by atoms with Gasteiger partial charge in [-0.05, 0) is 68.5 Å². The molecule has 0 saturated carbocycles. The molecule has 0 amide bonds. The third-order valence-corrected chi connectivity index (χ3v) is 8.44. The molecule has 0 radical (unpaired) electrons. The molecule has 2 unspecified atom stereocenters. The number of nitrogens with one attached hydrogen (secondary N) is 1. The number of ether oxygens (including phenoxy) is 1. The van der Waals surface area contributed by atoms with E-state index in [1.165, 1.54) is 23.7 Å². The van der Waals surface area contributed by atoms with E-state index in [9.17, 15) is 0 Å². The first-order chi connectivity index (χ1) is 16.4. The van der Waals surface area contributed by atoms with Crippen molar-refractivity contribution in [3.8, 4) is 0 Å². The van der Waals surface area contributed by atoms with E-state index in [1.807, 2.05) is 18.3 Å². The van der Waals surface area contributed by atoms with E-state index in [1.54, 1.807) is 0 Å². The van der Waals surface area contributed by atoms with Gasteiger partial charge in [0.1, 0.15) is 12.6 Å². The van der Waals surface area contributed by atoms with E-state index in [0.29, 0.717) is 12.8 Å². The molecule has 0 spiro atoms. The minimum atomic E-state index is -1.10. The highest BCUT2D eigenvalue weighted by molar-refractivity contribution is 6.76. The van der Waals surface area contributed by atoms with Crippen LogP contribution in [0.3, 0.4) is 0 Å². The van der Waals surface area contributed by atoms with E-state index in [-0.39, 0.29) is 6.04 Å². The van der Waals surface area contributed by atoms with Crippen molar-refractivity contribution in [3.05, 3.63) is 59.7 Å². The maximum Gasteiger partial charge on any atom is 0.124 e. The van der Waals surface area contributed by atoms with Crippen LogP contribution in [0.15, 0.2) is 42.6 Å². The molecule has 6 nitrogen and oxygen atoms in total. The number of imidazole rings is 1.